The molecule has 0 aromatic carbocycles. The minimum Gasteiger partial charge on any atom is -1.00 e. The Kier molecular flexibility index (Phi) is 40.2. The molecular formula is C24H52Cl2N4O6S2-2. The van der Waals surface area contributed by atoms with Crippen molar-refractivity contribution in [1.82, 2.24) is 19.6 Å². The quantitative estimate of drug-likeness (QED) is 0.235. The number of nitrogens with zero attached hydrogens (tertiary/aromatic N) is 4. The highest BCUT2D eigenvalue weighted by Gasteiger charge is 2.06. The molecular weight excluding hydrogens is 575 g/mol. The van der Waals surface area contributed by atoms with Gasteiger partial charge in [-0.05, 0) is 33.6 Å². The van der Waals surface area contributed by atoms with Crippen molar-refractivity contribution in [2.75, 3.05) is 66.2 Å². The van der Waals surface area contributed by atoms with Gasteiger partial charge in [-0.15, -0.1) is 11.6 Å². The fourth-order valence-corrected chi connectivity index (χ4v) is 3.16. The summed E-state index contributed by atoms with van der Waals surface area (Å²) in [6, 6.07) is 0. The standard InChI is InChI=1S/2C8H16N2.C4H10O3S.C2H5Cl.C2H6O3S.ClH/c2*1-3-4-5-10-7-6-9(2)8-10;1-3-6-8(5)7-4-2;1-2-3;1-2-5-6(3)4;/h2*6-7H,3-5,8H2,1-2H3;3-4H2,1-2H3;2H2,1H3;2H2,1H3,(H,3,4);1H/p-2. The van der Waals surface area contributed by atoms with Gasteiger partial charge in [0.2, 0.25) is 0 Å². The predicted molar refractivity (Wildman–Crippen MR) is 155 cm³/mol. The van der Waals surface area contributed by atoms with Crippen molar-refractivity contribution < 1.29 is 37.9 Å². The second-order valence-corrected chi connectivity index (χ2v) is 9.68. The number of unbranched alkanes of at least 4 members (excludes halogenated alkanes) is 2. The van der Waals surface area contributed by atoms with Crippen LogP contribution in [0.3, 0.4) is 0 Å². The zero-order valence-corrected chi connectivity index (χ0v) is 27.8. The Labute approximate surface area is 249 Å². The average molecular weight is 628 g/mol. The smallest absolute Gasteiger partial charge is 0.304 e. The van der Waals surface area contributed by atoms with Crippen molar-refractivity contribution in [3.8, 4) is 0 Å². The zero-order chi connectivity index (χ0) is 28.9. The normalized spacial score (nSPS) is 13.9. The lowest BCUT2D eigenvalue weighted by Crippen LogP contribution is -3.00. The van der Waals surface area contributed by atoms with Crippen LogP contribution < -0.4 is 12.4 Å². The molecule has 0 fully saturated rings. The first kappa shape index (κ1) is 44.4. The van der Waals surface area contributed by atoms with E-state index in [0.29, 0.717) is 13.2 Å². The molecule has 0 aromatic rings. The molecule has 0 N–H and O–H groups in total. The highest BCUT2D eigenvalue weighted by molar-refractivity contribution is 7.75. The molecule has 1 unspecified atom stereocenters. The van der Waals surface area contributed by atoms with Crippen LogP contribution in [0, 0.1) is 0 Å². The zero-order valence-electron chi connectivity index (χ0n) is 24.6. The van der Waals surface area contributed by atoms with Crippen molar-refractivity contribution in [3.05, 3.63) is 24.8 Å². The van der Waals surface area contributed by atoms with E-state index < -0.39 is 22.7 Å². The molecule has 0 aromatic heterocycles. The largest absolute Gasteiger partial charge is 1.00 e. The lowest BCUT2D eigenvalue weighted by atomic mass is 10.3. The second kappa shape index (κ2) is 34.4. The van der Waals surface area contributed by atoms with Gasteiger partial charge in [-0.3, -0.25) is 8.37 Å². The number of alkyl halides is 1. The van der Waals surface area contributed by atoms with E-state index in [9.17, 15) is 13.0 Å². The Bertz CT molecular complexity index is 558. The third kappa shape index (κ3) is 35.4. The van der Waals surface area contributed by atoms with Gasteiger partial charge in [0.1, 0.15) is 0 Å². The molecule has 0 bridgehead atoms. The molecule has 0 amide bonds. The Balaban J connectivity index is -0.000000197. The van der Waals surface area contributed by atoms with Crippen LogP contribution >= 0.6 is 11.6 Å². The lowest BCUT2D eigenvalue weighted by Gasteiger charge is -2.17. The van der Waals surface area contributed by atoms with Gasteiger partial charge in [0.25, 0.3) is 0 Å². The molecule has 0 saturated heterocycles. The lowest BCUT2D eigenvalue weighted by molar-refractivity contribution is -0.0000156. The van der Waals surface area contributed by atoms with Crippen molar-refractivity contribution in [2.24, 2.45) is 0 Å². The number of rotatable bonds is 12. The number of hydrogen-bond donors (Lipinski definition) is 0. The van der Waals surface area contributed by atoms with E-state index in [1.54, 1.807) is 20.8 Å². The first-order chi connectivity index (χ1) is 17.6. The Morgan fingerprint density at radius 3 is 1.26 bits per heavy atom. The topological polar surface area (TPSA) is 97.9 Å². The summed E-state index contributed by atoms with van der Waals surface area (Å²) in [7, 11) is 4.20. The maximum Gasteiger partial charge on any atom is 0.304 e. The van der Waals surface area contributed by atoms with E-state index in [0.717, 1.165) is 19.2 Å². The second-order valence-electron chi connectivity index (χ2n) is 7.62. The van der Waals surface area contributed by atoms with Crippen LogP contribution in [0.15, 0.2) is 24.8 Å². The van der Waals surface area contributed by atoms with E-state index in [2.05, 4.69) is 84.9 Å². The van der Waals surface area contributed by atoms with Crippen LogP contribution in [0.5, 0.6) is 0 Å². The third-order valence-corrected chi connectivity index (χ3v) is 5.40. The Morgan fingerprint density at radius 2 is 1.08 bits per heavy atom. The average Bonchev–Trinajstić information content (AvgIpc) is 3.46. The monoisotopic (exact) mass is 626 g/mol. The summed E-state index contributed by atoms with van der Waals surface area (Å²) in [4.78, 5) is 9.05. The van der Waals surface area contributed by atoms with Crippen molar-refractivity contribution in [3.63, 3.8) is 0 Å². The molecule has 0 saturated carbocycles. The summed E-state index contributed by atoms with van der Waals surface area (Å²) in [6.45, 7) is 17.1. The van der Waals surface area contributed by atoms with Gasteiger partial charge in [0, 0.05) is 57.9 Å². The van der Waals surface area contributed by atoms with Crippen molar-refractivity contribution in [2.45, 2.75) is 67.2 Å². The Hall–Kier alpha value is -0.600. The molecule has 2 aliphatic rings. The summed E-state index contributed by atoms with van der Waals surface area (Å²) in [5.74, 6) is 0.722. The molecule has 0 spiro atoms. The summed E-state index contributed by atoms with van der Waals surface area (Å²) in [6.07, 6.45) is 13.7. The van der Waals surface area contributed by atoms with E-state index >= 15 is 0 Å². The molecule has 2 aliphatic heterocycles. The van der Waals surface area contributed by atoms with Gasteiger partial charge in [0.05, 0.1) is 44.5 Å². The van der Waals surface area contributed by atoms with Gasteiger partial charge in [-0.1, -0.05) is 33.6 Å². The van der Waals surface area contributed by atoms with Gasteiger partial charge < -0.3 is 40.7 Å². The number of halogens is 2. The molecule has 1 atom stereocenters. The predicted octanol–water partition coefficient (Wildman–Crippen LogP) is 1.63. The van der Waals surface area contributed by atoms with Gasteiger partial charge in [0.15, 0.2) is 0 Å². The van der Waals surface area contributed by atoms with Crippen LogP contribution in [-0.4, -0.2) is 98.8 Å². The van der Waals surface area contributed by atoms with Gasteiger partial charge >= 0.3 is 11.4 Å². The minimum atomic E-state index is -2.32. The van der Waals surface area contributed by atoms with Crippen molar-refractivity contribution in [1.29, 1.82) is 0 Å². The molecule has 10 nitrogen and oxygen atoms in total. The van der Waals surface area contributed by atoms with Crippen LogP contribution in [0.2, 0.25) is 0 Å². The molecule has 2 rings (SSSR count). The minimum absolute atomic E-state index is 0. The van der Waals surface area contributed by atoms with E-state index in [-0.39, 0.29) is 19.0 Å². The molecule has 2 heterocycles. The van der Waals surface area contributed by atoms with Gasteiger partial charge in [-0.25, -0.2) is 4.21 Å². The first-order valence-corrected chi connectivity index (χ1v) is 15.4. The summed E-state index contributed by atoms with van der Waals surface area (Å²) in [5, 5.41) is 0. The van der Waals surface area contributed by atoms with E-state index in [4.69, 9.17) is 11.6 Å². The maximum absolute atomic E-state index is 10.3. The molecule has 14 heteroatoms. The molecule has 38 heavy (non-hydrogen) atoms. The van der Waals surface area contributed by atoms with Crippen LogP contribution in [0.4, 0.5) is 0 Å². The molecule has 0 radical (unpaired) electrons. The number of hydrogen-bond acceptors (Lipinski definition) is 10. The first-order valence-electron chi connectivity index (χ1n) is 12.9. The fraction of sp³-hybridized carbons (Fsp3) is 0.833. The molecule has 0 aliphatic carbocycles. The van der Waals surface area contributed by atoms with E-state index in [1.165, 1.54) is 38.8 Å². The van der Waals surface area contributed by atoms with Crippen LogP contribution in [0.1, 0.15) is 67.2 Å². The van der Waals surface area contributed by atoms with Gasteiger partial charge in [-0.2, -0.15) is 4.21 Å². The summed E-state index contributed by atoms with van der Waals surface area (Å²) >= 11 is 1.16. The van der Waals surface area contributed by atoms with Crippen LogP contribution in [0.25, 0.3) is 0 Å². The van der Waals surface area contributed by atoms with Crippen molar-refractivity contribution >= 4 is 34.3 Å². The highest BCUT2D eigenvalue weighted by atomic mass is 35.5. The summed E-state index contributed by atoms with van der Waals surface area (Å²) in [5.41, 5.74) is 0. The van der Waals surface area contributed by atoms with E-state index in [1.807, 2.05) is 6.92 Å². The SMILES string of the molecule is CCCCN1C=CN(C)C1.CCCCN1C=CN(C)C1.CCCl.CCOS(=O)OCC.CCOS(=O)[O-].[Cl-]. The Morgan fingerprint density at radius 1 is 0.737 bits per heavy atom. The van der Waals surface area contributed by atoms with Crippen LogP contribution in [-0.2, 0) is 35.3 Å². The summed E-state index contributed by atoms with van der Waals surface area (Å²) < 4.78 is 42.1. The maximum atomic E-state index is 10.3. The third-order valence-electron chi connectivity index (χ3n) is 4.11. The highest BCUT2D eigenvalue weighted by Crippen LogP contribution is 2.05. The molecule has 232 valence electrons. The fourth-order valence-electron chi connectivity index (χ4n) is 2.51.